The van der Waals surface area contributed by atoms with Crippen LogP contribution in [0.5, 0.6) is 0 Å². The molecule has 0 radical (unpaired) electrons. The normalized spacial score (nSPS) is 23.4. The molecule has 144 valence electrons. The van der Waals surface area contributed by atoms with Gasteiger partial charge in [-0.3, -0.25) is 0 Å². The van der Waals surface area contributed by atoms with Crippen molar-refractivity contribution in [3.8, 4) is 0 Å². The summed E-state index contributed by atoms with van der Waals surface area (Å²) in [6.07, 6.45) is 7.29. The Morgan fingerprint density at radius 3 is 2.26 bits per heavy atom. The molecule has 4 rings (SSSR count). The number of hydrogen-bond donors (Lipinski definition) is 0. The molecule has 1 aliphatic heterocycles. The van der Waals surface area contributed by atoms with Gasteiger partial charge in [-0.15, -0.1) is 0 Å². The third-order valence-corrected chi connectivity index (χ3v) is 8.52. The Morgan fingerprint density at radius 2 is 1.59 bits per heavy atom. The topological polar surface area (TPSA) is 37.4 Å². The molecule has 2 aliphatic rings. The standard InChI is InChI=1S/C23H29NO2S/c1-19-10-12-22(13-11-19)27(25,26)24-17-14-21(20-8-4-2-5-9-20)18-23(24)15-6-3-7-16-23/h2,4-5,8-13,21H,3,6-7,14-18H2,1H3. The molecule has 1 saturated heterocycles. The summed E-state index contributed by atoms with van der Waals surface area (Å²) in [5, 5.41) is 0. The van der Waals surface area contributed by atoms with Gasteiger partial charge in [-0.1, -0.05) is 67.3 Å². The van der Waals surface area contributed by atoms with Gasteiger partial charge in [0.05, 0.1) is 4.90 Å². The molecule has 1 aliphatic carbocycles. The summed E-state index contributed by atoms with van der Waals surface area (Å²) in [4.78, 5) is 0.441. The highest BCUT2D eigenvalue weighted by Gasteiger charge is 2.48. The van der Waals surface area contributed by atoms with Crippen LogP contribution < -0.4 is 0 Å². The van der Waals surface area contributed by atoms with E-state index in [0.29, 0.717) is 17.4 Å². The first-order valence-electron chi connectivity index (χ1n) is 10.2. The Labute approximate surface area is 163 Å². The minimum atomic E-state index is -3.46. The van der Waals surface area contributed by atoms with E-state index in [1.165, 1.54) is 12.0 Å². The van der Waals surface area contributed by atoms with Crippen molar-refractivity contribution in [3.05, 3.63) is 65.7 Å². The van der Waals surface area contributed by atoms with E-state index in [2.05, 4.69) is 30.3 Å². The molecular formula is C23H29NO2S. The van der Waals surface area contributed by atoms with Gasteiger partial charge in [0, 0.05) is 12.1 Å². The molecule has 0 aromatic heterocycles. The fraction of sp³-hybridized carbons (Fsp3) is 0.478. The monoisotopic (exact) mass is 383 g/mol. The molecule has 1 saturated carbocycles. The quantitative estimate of drug-likeness (QED) is 0.724. The number of aryl methyl sites for hydroxylation is 1. The summed E-state index contributed by atoms with van der Waals surface area (Å²) in [5.41, 5.74) is 2.22. The zero-order chi connectivity index (χ0) is 18.9. The molecule has 0 amide bonds. The first kappa shape index (κ1) is 18.7. The summed E-state index contributed by atoms with van der Waals surface area (Å²) < 4.78 is 29.0. The number of sulfonamides is 1. The lowest BCUT2D eigenvalue weighted by Gasteiger charge is -2.51. The Balaban J connectivity index is 1.69. The fourth-order valence-electron chi connectivity index (χ4n) is 5.06. The van der Waals surface area contributed by atoms with Crippen molar-refractivity contribution in [3.63, 3.8) is 0 Å². The van der Waals surface area contributed by atoms with Crippen LogP contribution in [-0.2, 0) is 10.0 Å². The van der Waals surface area contributed by atoms with E-state index < -0.39 is 10.0 Å². The largest absolute Gasteiger partial charge is 0.243 e. The molecule has 1 heterocycles. The molecule has 1 unspecified atom stereocenters. The molecule has 0 N–H and O–H groups in total. The van der Waals surface area contributed by atoms with E-state index in [1.54, 1.807) is 12.1 Å². The van der Waals surface area contributed by atoms with Gasteiger partial charge in [-0.25, -0.2) is 8.42 Å². The van der Waals surface area contributed by atoms with Gasteiger partial charge in [-0.2, -0.15) is 4.31 Å². The molecule has 27 heavy (non-hydrogen) atoms. The van der Waals surface area contributed by atoms with Gasteiger partial charge >= 0.3 is 0 Å². The third-order valence-electron chi connectivity index (χ3n) is 6.50. The molecular weight excluding hydrogens is 354 g/mol. The number of rotatable bonds is 3. The van der Waals surface area contributed by atoms with Crippen LogP contribution in [0.2, 0.25) is 0 Å². The van der Waals surface area contributed by atoms with E-state index in [-0.39, 0.29) is 5.54 Å². The van der Waals surface area contributed by atoms with Crippen LogP contribution in [-0.4, -0.2) is 24.8 Å². The average Bonchev–Trinajstić information content (AvgIpc) is 2.69. The predicted molar refractivity (Wildman–Crippen MR) is 109 cm³/mol. The molecule has 3 nitrogen and oxygen atoms in total. The Bertz CT molecular complexity index is 868. The van der Waals surface area contributed by atoms with Crippen molar-refractivity contribution < 1.29 is 8.42 Å². The second kappa shape index (κ2) is 7.40. The number of piperidine rings is 1. The number of nitrogens with zero attached hydrogens (tertiary/aromatic N) is 1. The van der Waals surface area contributed by atoms with Crippen molar-refractivity contribution in [1.82, 2.24) is 4.31 Å². The smallest absolute Gasteiger partial charge is 0.207 e. The molecule has 2 aromatic rings. The lowest BCUT2D eigenvalue weighted by atomic mass is 9.71. The maximum absolute atomic E-state index is 13.5. The van der Waals surface area contributed by atoms with Crippen molar-refractivity contribution >= 4 is 10.0 Å². The van der Waals surface area contributed by atoms with Gasteiger partial charge in [0.2, 0.25) is 10.0 Å². The van der Waals surface area contributed by atoms with E-state index in [9.17, 15) is 8.42 Å². The number of benzene rings is 2. The van der Waals surface area contributed by atoms with Crippen LogP contribution in [0.4, 0.5) is 0 Å². The highest BCUT2D eigenvalue weighted by molar-refractivity contribution is 7.89. The maximum atomic E-state index is 13.5. The second-order valence-electron chi connectivity index (χ2n) is 8.28. The van der Waals surface area contributed by atoms with E-state index >= 15 is 0 Å². The van der Waals surface area contributed by atoms with Crippen LogP contribution in [0.25, 0.3) is 0 Å². The molecule has 2 aromatic carbocycles. The maximum Gasteiger partial charge on any atom is 0.243 e. The molecule has 4 heteroatoms. The summed E-state index contributed by atoms with van der Waals surface area (Å²) in [6.45, 7) is 2.61. The minimum Gasteiger partial charge on any atom is -0.207 e. The highest BCUT2D eigenvalue weighted by Crippen LogP contribution is 2.47. The third kappa shape index (κ3) is 3.57. The van der Waals surface area contributed by atoms with Gasteiger partial charge < -0.3 is 0 Å². The highest BCUT2D eigenvalue weighted by atomic mass is 32.2. The molecule has 1 atom stereocenters. The van der Waals surface area contributed by atoms with Crippen LogP contribution in [0.3, 0.4) is 0 Å². The Hall–Kier alpha value is -1.65. The van der Waals surface area contributed by atoms with E-state index in [1.807, 2.05) is 23.4 Å². The average molecular weight is 384 g/mol. The summed E-state index contributed by atoms with van der Waals surface area (Å²) in [7, 11) is -3.46. The van der Waals surface area contributed by atoms with Crippen LogP contribution in [0, 0.1) is 6.92 Å². The van der Waals surface area contributed by atoms with Crippen LogP contribution in [0.15, 0.2) is 59.5 Å². The zero-order valence-corrected chi connectivity index (χ0v) is 16.9. The van der Waals surface area contributed by atoms with Crippen molar-refractivity contribution in [2.24, 2.45) is 0 Å². The first-order valence-corrected chi connectivity index (χ1v) is 11.6. The lowest BCUT2D eigenvalue weighted by Crippen LogP contribution is -2.56. The lowest BCUT2D eigenvalue weighted by molar-refractivity contribution is 0.0753. The minimum absolute atomic E-state index is 0.222. The molecule has 2 fully saturated rings. The fourth-order valence-corrected chi connectivity index (χ4v) is 6.91. The van der Waals surface area contributed by atoms with Gasteiger partial charge in [0.25, 0.3) is 0 Å². The van der Waals surface area contributed by atoms with Gasteiger partial charge in [0.15, 0.2) is 0 Å². The first-order chi connectivity index (χ1) is 13.0. The molecule has 0 bridgehead atoms. The van der Waals surface area contributed by atoms with Crippen molar-refractivity contribution in [1.29, 1.82) is 0 Å². The zero-order valence-electron chi connectivity index (χ0n) is 16.1. The van der Waals surface area contributed by atoms with Gasteiger partial charge in [-0.05, 0) is 56.2 Å². The van der Waals surface area contributed by atoms with Crippen LogP contribution >= 0.6 is 0 Å². The summed E-state index contributed by atoms with van der Waals surface area (Å²) in [6, 6.07) is 18.0. The Kier molecular flexibility index (Phi) is 5.13. The second-order valence-corrected chi connectivity index (χ2v) is 10.1. The number of hydrogen-bond acceptors (Lipinski definition) is 2. The van der Waals surface area contributed by atoms with Crippen LogP contribution in [0.1, 0.15) is 62.0 Å². The Morgan fingerprint density at radius 1 is 0.926 bits per heavy atom. The molecule has 1 spiro atoms. The SMILES string of the molecule is Cc1ccc(S(=O)(=O)N2CCC(c3ccccc3)CC23CCCCC3)cc1. The summed E-state index contributed by atoms with van der Waals surface area (Å²) >= 11 is 0. The van der Waals surface area contributed by atoms with Crippen molar-refractivity contribution in [2.75, 3.05) is 6.54 Å². The van der Waals surface area contributed by atoms with Gasteiger partial charge in [0.1, 0.15) is 0 Å². The van der Waals surface area contributed by atoms with E-state index in [4.69, 9.17) is 0 Å². The van der Waals surface area contributed by atoms with E-state index in [0.717, 1.165) is 44.1 Å². The summed E-state index contributed by atoms with van der Waals surface area (Å²) in [5.74, 6) is 0.453. The van der Waals surface area contributed by atoms with Crippen molar-refractivity contribution in [2.45, 2.75) is 68.2 Å². The predicted octanol–water partition coefficient (Wildman–Crippen LogP) is 5.27.